The third kappa shape index (κ3) is 3.28. The summed E-state index contributed by atoms with van der Waals surface area (Å²) in [5, 5.41) is 9.23. The van der Waals surface area contributed by atoms with Crippen LogP contribution in [-0.4, -0.2) is 26.5 Å². The van der Waals surface area contributed by atoms with E-state index in [1.807, 2.05) is 0 Å². The van der Waals surface area contributed by atoms with E-state index in [1.54, 1.807) is 0 Å². The van der Waals surface area contributed by atoms with E-state index in [2.05, 4.69) is 4.98 Å². The second kappa shape index (κ2) is 7.46. The number of benzene rings is 1. The number of nitrogens with zero attached hydrogens (tertiary/aromatic N) is 3. The zero-order valence-electron chi connectivity index (χ0n) is 18.5. The SMILES string of the molecule is CC1(C)C(=O)N(c2nccn(C3CCCC3CC(=O)O)c2=O)c2c(F)cc(C3CC3)c(F)c21. The summed E-state index contributed by atoms with van der Waals surface area (Å²) in [4.78, 5) is 43.1. The molecule has 2 unspecified atom stereocenters. The van der Waals surface area contributed by atoms with Gasteiger partial charge in [-0.2, -0.15) is 0 Å². The van der Waals surface area contributed by atoms with Crippen LogP contribution in [0.1, 0.15) is 75.5 Å². The molecule has 1 N–H and O–H groups in total. The van der Waals surface area contributed by atoms with Crippen LogP contribution in [0.15, 0.2) is 23.3 Å². The second-order valence-corrected chi connectivity index (χ2v) is 9.84. The maximum atomic E-state index is 15.5. The maximum Gasteiger partial charge on any atom is 0.303 e. The fraction of sp³-hybridized carbons (Fsp3) is 0.500. The molecule has 2 heterocycles. The number of hydrogen-bond acceptors (Lipinski definition) is 4. The Morgan fingerprint density at radius 1 is 1.21 bits per heavy atom. The second-order valence-electron chi connectivity index (χ2n) is 9.84. The van der Waals surface area contributed by atoms with Crippen molar-refractivity contribution in [3.8, 4) is 0 Å². The standard InChI is InChI=1S/C24H25F2N3O4/c1-24(2)18-19(26)14(12-6-7-12)11-15(25)20(18)29(23(24)33)21-22(32)28(9-8-27-21)16-5-3-4-13(16)10-17(30)31/h8-9,11-13,16H,3-7,10H2,1-2H3,(H,30,31). The Morgan fingerprint density at radius 3 is 2.61 bits per heavy atom. The summed E-state index contributed by atoms with van der Waals surface area (Å²) in [7, 11) is 0. The number of halogens is 2. The highest BCUT2D eigenvalue weighted by Crippen LogP contribution is 2.51. The predicted octanol–water partition coefficient (Wildman–Crippen LogP) is 4.17. The summed E-state index contributed by atoms with van der Waals surface area (Å²) in [5.41, 5.74) is -2.03. The van der Waals surface area contributed by atoms with Crippen LogP contribution in [0.2, 0.25) is 0 Å². The van der Waals surface area contributed by atoms with Crippen molar-refractivity contribution in [2.45, 2.75) is 69.7 Å². The molecule has 2 fully saturated rings. The van der Waals surface area contributed by atoms with Gasteiger partial charge in [-0.15, -0.1) is 0 Å². The number of carboxylic acids is 1. The van der Waals surface area contributed by atoms with Gasteiger partial charge in [0.25, 0.3) is 5.56 Å². The molecular weight excluding hydrogens is 432 g/mol. The third-order valence-corrected chi connectivity index (χ3v) is 7.30. The number of hydrogen-bond donors (Lipinski definition) is 1. The van der Waals surface area contributed by atoms with E-state index in [0.717, 1.165) is 30.2 Å². The largest absolute Gasteiger partial charge is 0.481 e. The first-order valence-corrected chi connectivity index (χ1v) is 11.3. The minimum Gasteiger partial charge on any atom is -0.481 e. The smallest absolute Gasteiger partial charge is 0.303 e. The highest BCUT2D eigenvalue weighted by molar-refractivity contribution is 6.12. The predicted molar refractivity (Wildman–Crippen MR) is 116 cm³/mol. The summed E-state index contributed by atoms with van der Waals surface area (Å²) >= 11 is 0. The number of fused-ring (bicyclic) bond motifs is 1. The van der Waals surface area contributed by atoms with Crippen molar-refractivity contribution >= 4 is 23.4 Å². The van der Waals surface area contributed by atoms with Gasteiger partial charge in [0.1, 0.15) is 11.6 Å². The quantitative estimate of drug-likeness (QED) is 0.728. The van der Waals surface area contributed by atoms with Crippen molar-refractivity contribution in [2.24, 2.45) is 5.92 Å². The Morgan fingerprint density at radius 2 is 1.94 bits per heavy atom. The minimum absolute atomic E-state index is 0.0457. The Hall–Kier alpha value is -3.10. The van der Waals surface area contributed by atoms with Gasteiger partial charge in [-0.05, 0) is 63.0 Å². The van der Waals surface area contributed by atoms with Gasteiger partial charge in [-0.3, -0.25) is 19.3 Å². The molecule has 2 aromatic rings. The number of anilines is 2. The van der Waals surface area contributed by atoms with Gasteiger partial charge in [-0.1, -0.05) is 6.42 Å². The molecule has 1 aliphatic heterocycles. The monoisotopic (exact) mass is 457 g/mol. The van der Waals surface area contributed by atoms with Crippen LogP contribution in [0.5, 0.6) is 0 Å². The van der Waals surface area contributed by atoms with Crippen molar-refractivity contribution in [2.75, 3.05) is 4.90 Å². The molecule has 3 aliphatic rings. The van der Waals surface area contributed by atoms with E-state index in [4.69, 9.17) is 0 Å². The molecule has 1 aromatic carbocycles. The molecule has 33 heavy (non-hydrogen) atoms. The summed E-state index contributed by atoms with van der Waals surface area (Å²) in [6.07, 6.45) is 6.35. The first-order valence-electron chi connectivity index (χ1n) is 11.3. The highest BCUT2D eigenvalue weighted by Gasteiger charge is 2.51. The number of carbonyl (C=O) groups excluding carboxylic acids is 1. The Balaban J connectivity index is 1.64. The number of aliphatic carboxylic acids is 1. The molecule has 5 rings (SSSR count). The average molecular weight is 457 g/mol. The molecule has 0 spiro atoms. The highest BCUT2D eigenvalue weighted by atomic mass is 19.1. The van der Waals surface area contributed by atoms with Crippen molar-refractivity contribution in [1.29, 1.82) is 0 Å². The Bertz CT molecular complexity index is 1230. The summed E-state index contributed by atoms with van der Waals surface area (Å²) in [6, 6.07) is 0.772. The van der Waals surface area contributed by atoms with Crippen molar-refractivity contribution in [3.63, 3.8) is 0 Å². The van der Waals surface area contributed by atoms with Crippen molar-refractivity contribution in [1.82, 2.24) is 9.55 Å². The molecular formula is C24H25F2N3O4. The topological polar surface area (TPSA) is 92.5 Å². The van der Waals surface area contributed by atoms with Gasteiger partial charge in [0.05, 0.1) is 17.5 Å². The fourth-order valence-electron chi connectivity index (χ4n) is 5.48. The number of carbonyl (C=O) groups is 2. The molecule has 9 heteroatoms. The van der Waals surface area contributed by atoms with Crippen molar-refractivity contribution < 1.29 is 23.5 Å². The van der Waals surface area contributed by atoms with Crippen LogP contribution in [-0.2, 0) is 15.0 Å². The Labute approximate surface area is 189 Å². The number of aromatic nitrogens is 2. The van der Waals surface area contributed by atoms with E-state index in [0.29, 0.717) is 12.8 Å². The molecule has 0 saturated heterocycles. The van der Waals surface area contributed by atoms with Gasteiger partial charge in [0, 0.05) is 24.0 Å². The Kier molecular flexibility index (Phi) is 4.91. The normalized spacial score (nSPS) is 23.8. The molecule has 0 radical (unpaired) electrons. The van der Waals surface area contributed by atoms with Crippen molar-refractivity contribution in [3.05, 3.63) is 51.6 Å². The van der Waals surface area contributed by atoms with Gasteiger partial charge >= 0.3 is 5.97 Å². The molecule has 2 saturated carbocycles. The van der Waals surface area contributed by atoms with Crippen LogP contribution in [0.4, 0.5) is 20.3 Å². The minimum atomic E-state index is -1.38. The lowest BCUT2D eigenvalue weighted by molar-refractivity contribution is -0.138. The average Bonchev–Trinajstić information content (AvgIpc) is 3.45. The van der Waals surface area contributed by atoms with Crippen LogP contribution in [0, 0.1) is 17.6 Å². The van der Waals surface area contributed by atoms with E-state index < -0.39 is 34.5 Å². The van der Waals surface area contributed by atoms with E-state index >= 15 is 8.78 Å². The van der Waals surface area contributed by atoms with Gasteiger partial charge in [0.15, 0.2) is 0 Å². The fourth-order valence-corrected chi connectivity index (χ4v) is 5.48. The van der Waals surface area contributed by atoms with E-state index in [9.17, 15) is 19.5 Å². The zero-order valence-corrected chi connectivity index (χ0v) is 18.5. The lowest BCUT2D eigenvalue weighted by atomic mass is 9.84. The molecule has 7 nitrogen and oxygen atoms in total. The molecule has 174 valence electrons. The van der Waals surface area contributed by atoms with Gasteiger partial charge < -0.3 is 9.67 Å². The maximum absolute atomic E-state index is 15.5. The zero-order chi connectivity index (χ0) is 23.7. The molecule has 2 aliphatic carbocycles. The van der Waals surface area contributed by atoms with E-state index in [-0.39, 0.29) is 46.9 Å². The molecule has 0 bridgehead atoms. The van der Waals surface area contributed by atoms with Crippen LogP contribution in [0.3, 0.4) is 0 Å². The van der Waals surface area contributed by atoms with E-state index in [1.165, 1.54) is 30.8 Å². The molecule has 2 atom stereocenters. The molecule has 1 aromatic heterocycles. The third-order valence-electron chi connectivity index (χ3n) is 7.30. The van der Waals surface area contributed by atoms with Crippen LogP contribution < -0.4 is 10.5 Å². The lowest BCUT2D eigenvalue weighted by Gasteiger charge is -2.23. The first-order chi connectivity index (χ1) is 15.6. The lowest BCUT2D eigenvalue weighted by Crippen LogP contribution is -2.39. The molecule has 1 amide bonds. The van der Waals surface area contributed by atoms with Gasteiger partial charge in [-0.25, -0.2) is 13.8 Å². The summed E-state index contributed by atoms with van der Waals surface area (Å²) < 4.78 is 32.2. The number of amides is 1. The number of carboxylic acid groups (broad SMARTS) is 1. The number of rotatable bonds is 5. The van der Waals surface area contributed by atoms with Crippen LogP contribution in [0.25, 0.3) is 0 Å². The van der Waals surface area contributed by atoms with Gasteiger partial charge in [0.2, 0.25) is 11.7 Å². The summed E-state index contributed by atoms with van der Waals surface area (Å²) in [6.45, 7) is 3.05. The first kappa shape index (κ1) is 21.7. The van der Waals surface area contributed by atoms with Crippen LogP contribution >= 0.6 is 0 Å². The summed E-state index contributed by atoms with van der Waals surface area (Å²) in [5.74, 6) is -3.50.